The average molecular weight is 252 g/mol. The minimum atomic E-state index is -0.394. The summed E-state index contributed by atoms with van der Waals surface area (Å²) >= 11 is 0. The van der Waals surface area contributed by atoms with Crippen LogP contribution in [0.3, 0.4) is 0 Å². The van der Waals surface area contributed by atoms with Gasteiger partial charge in [0.05, 0.1) is 4.92 Å². The van der Waals surface area contributed by atoms with Crippen LogP contribution in [0, 0.1) is 16.0 Å². The van der Waals surface area contributed by atoms with Crippen molar-refractivity contribution in [3.63, 3.8) is 0 Å². The van der Waals surface area contributed by atoms with Crippen molar-refractivity contribution in [2.45, 2.75) is 20.3 Å². The van der Waals surface area contributed by atoms with E-state index >= 15 is 0 Å². The molecule has 0 bridgehead atoms. The molecule has 1 heterocycles. The summed E-state index contributed by atoms with van der Waals surface area (Å²) in [6.07, 6.45) is 1.03. The van der Waals surface area contributed by atoms with Crippen LogP contribution >= 0.6 is 0 Å². The number of anilines is 2. The third-order valence-corrected chi connectivity index (χ3v) is 2.95. The van der Waals surface area contributed by atoms with Crippen LogP contribution in [-0.4, -0.2) is 30.5 Å². The number of hydrogen-bond acceptors (Lipinski definition) is 5. The molecule has 6 heteroatoms. The van der Waals surface area contributed by atoms with Crippen molar-refractivity contribution in [2.75, 3.05) is 30.9 Å². The number of nitrogens with one attached hydrogen (secondary N) is 1. The lowest BCUT2D eigenvalue weighted by Crippen LogP contribution is -2.25. The second-order valence-corrected chi connectivity index (χ2v) is 4.44. The standard InChI is InChI=1S/C12H20N4O2/c1-5-9(2)8-15(4)12-10(16(17)18)6-7-11(13-3)14-12/h6-7,9H,5,8H2,1-4H3,(H,13,14). The predicted molar refractivity (Wildman–Crippen MR) is 73.2 cm³/mol. The first-order valence-corrected chi connectivity index (χ1v) is 6.03. The van der Waals surface area contributed by atoms with Gasteiger partial charge in [-0.25, -0.2) is 4.98 Å². The van der Waals surface area contributed by atoms with Gasteiger partial charge < -0.3 is 10.2 Å². The van der Waals surface area contributed by atoms with Gasteiger partial charge in [-0.1, -0.05) is 20.3 Å². The van der Waals surface area contributed by atoms with E-state index in [1.165, 1.54) is 6.07 Å². The molecule has 0 fully saturated rings. The molecular weight excluding hydrogens is 232 g/mol. The fourth-order valence-electron chi connectivity index (χ4n) is 1.69. The van der Waals surface area contributed by atoms with Crippen molar-refractivity contribution in [2.24, 2.45) is 5.92 Å². The highest BCUT2D eigenvalue weighted by Crippen LogP contribution is 2.27. The molecule has 0 spiro atoms. The highest BCUT2D eigenvalue weighted by atomic mass is 16.6. The molecule has 1 rings (SSSR count). The van der Waals surface area contributed by atoms with Crippen LogP contribution in [0.5, 0.6) is 0 Å². The Morgan fingerprint density at radius 1 is 1.56 bits per heavy atom. The third-order valence-electron chi connectivity index (χ3n) is 2.95. The Morgan fingerprint density at radius 3 is 2.72 bits per heavy atom. The third kappa shape index (κ3) is 3.32. The van der Waals surface area contributed by atoms with E-state index in [9.17, 15) is 10.1 Å². The smallest absolute Gasteiger partial charge is 0.311 e. The van der Waals surface area contributed by atoms with Gasteiger partial charge in [0.1, 0.15) is 5.82 Å². The second-order valence-electron chi connectivity index (χ2n) is 4.44. The quantitative estimate of drug-likeness (QED) is 0.622. The van der Waals surface area contributed by atoms with Crippen molar-refractivity contribution in [1.82, 2.24) is 4.98 Å². The summed E-state index contributed by atoms with van der Waals surface area (Å²) in [7, 11) is 3.58. The fourth-order valence-corrected chi connectivity index (χ4v) is 1.69. The lowest BCUT2D eigenvalue weighted by molar-refractivity contribution is -0.384. The van der Waals surface area contributed by atoms with Gasteiger partial charge in [0.2, 0.25) is 5.82 Å². The molecule has 6 nitrogen and oxygen atoms in total. The van der Waals surface area contributed by atoms with Crippen LogP contribution in [-0.2, 0) is 0 Å². The van der Waals surface area contributed by atoms with Crippen molar-refractivity contribution < 1.29 is 4.92 Å². The normalized spacial score (nSPS) is 12.0. The molecule has 1 unspecified atom stereocenters. The van der Waals surface area contributed by atoms with Gasteiger partial charge in [-0.3, -0.25) is 10.1 Å². The molecule has 0 aliphatic rings. The first kappa shape index (κ1) is 14.2. The highest BCUT2D eigenvalue weighted by Gasteiger charge is 2.20. The molecule has 1 N–H and O–H groups in total. The number of aromatic nitrogens is 1. The molecule has 1 aromatic rings. The molecule has 18 heavy (non-hydrogen) atoms. The van der Waals surface area contributed by atoms with Gasteiger partial charge in [0.15, 0.2) is 0 Å². The summed E-state index contributed by atoms with van der Waals surface area (Å²) in [6.45, 7) is 4.96. The van der Waals surface area contributed by atoms with E-state index < -0.39 is 4.92 Å². The van der Waals surface area contributed by atoms with E-state index in [-0.39, 0.29) is 5.69 Å². The lowest BCUT2D eigenvalue weighted by Gasteiger charge is -2.21. The van der Waals surface area contributed by atoms with Crippen LogP contribution in [0.25, 0.3) is 0 Å². The Bertz CT molecular complexity index is 423. The number of rotatable bonds is 6. The predicted octanol–water partition coefficient (Wildman–Crippen LogP) is 2.51. The molecule has 0 saturated carbocycles. The maximum Gasteiger partial charge on any atom is 0.311 e. The van der Waals surface area contributed by atoms with Crippen molar-refractivity contribution in [3.05, 3.63) is 22.2 Å². The van der Waals surface area contributed by atoms with E-state index in [2.05, 4.69) is 24.1 Å². The van der Waals surface area contributed by atoms with Gasteiger partial charge in [-0.2, -0.15) is 0 Å². The van der Waals surface area contributed by atoms with E-state index in [4.69, 9.17) is 0 Å². The zero-order valence-corrected chi connectivity index (χ0v) is 11.3. The SMILES string of the molecule is CCC(C)CN(C)c1nc(NC)ccc1[N+](=O)[O-]. The van der Waals surface area contributed by atoms with Crippen LogP contribution in [0.4, 0.5) is 17.3 Å². The van der Waals surface area contributed by atoms with Crippen molar-refractivity contribution in [1.29, 1.82) is 0 Å². The molecule has 100 valence electrons. The van der Waals surface area contributed by atoms with Gasteiger partial charge in [-0.05, 0) is 12.0 Å². The monoisotopic (exact) mass is 252 g/mol. The molecule has 1 aromatic heterocycles. The summed E-state index contributed by atoms with van der Waals surface area (Å²) in [5.41, 5.74) is 0.0415. The summed E-state index contributed by atoms with van der Waals surface area (Å²) in [5, 5.41) is 13.9. The van der Waals surface area contributed by atoms with Gasteiger partial charge in [-0.15, -0.1) is 0 Å². The summed E-state index contributed by atoms with van der Waals surface area (Å²) in [6, 6.07) is 3.10. The van der Waals surface area contributed by atoms with Crippen LogP contribution < -0.4 is 10.2 Å². The van der Waals surface area contributed by atoms with Gasteiger partial charge in [0.25, 0.3) is 0 Å². The molecule has 0 aliphatic carbocycles. The Labute approximate surface area is 107 Å². The van der Waals surface area contributed by atoms with Gasteiger partial charge >= 0.3 is 5.69 Å². The number of nitrogens with zero attached hydrogens (tertiary/aromatic N) is 3. The van der Waals surface area contributed by atoms with Gasteiger partial charge in [0, 0.05) is 26.7 Å². The minimum absolute atomic E-state index is 0.0415. The highest BCUT2D eigenvalue weighted by molar-refractivity contribution is 5.61. The summed E-state index contributed by atoms with van der Waals surface area (Å²) in [4.78, 5) is 16.7. The molecule has 0 amide bonds. The van der Waals surface area contributed by atoms with Crippen molar-refractivity contribution in [3.8, 4) is 0 Å². The van der Waals surface area contributed by atoms with Crippen LogP contribution in [0.15, 0.2) is 12.1 Å². The summed E-state index contributed by atoms with van der Waals surface area (Å²) in [5.74, 6) is 1.51. The lowest BCUT2D eigenvalue weighted by atomic mass is 10.1. The van der Waals surface area contributed by atoms with Crippen LogP contribution in [0.2, 0.25) is 0 Å². The Kier molecular flexibility index (Phi) is 4.88. The average Bonchev–Trinajstić information content (AvgIpc) is 2.37. The second kappa shape index (κ2) is 6.18. The summed E-state index contributed by atoms with van der Waals surface area (Å²) < 4.78 is 0. The maximum absolute atomic E-state index is 11.0. The van der Waals surface area contributed by atoms with Crippen LogP contribution in [0.1, 0.15) is 20.3 Å². The zero-order chi connectivity index (χ0) is 13.7. The van der Waals surface area contributed by atoms with E-state index in [0.717, 1.165) is 13.0 Å². The molecule has 0 saturated heterocycles. The number of nitro groups is 1. The molecule has 1 atom stereocenters. The van der Waals surface area contributed by atoms with E-state index in [1.54, 1.807) is 13.1 Å². The maximum atomic E-state index is 11.0. The number of pyridine rings is 1. The largest absolute Gasteiger partial charge is 0.373 e. The first-order valence-electron chi connectivity index (χ1n) is 6.03. The molecular formula is C12H20N4O2. The zero-order valence-electron chi connectivity index (χ0n) is 11.3. The minimum Gasteiger partial charge on any atom is -0.373 e. The van der Waals surface area contributed by atoms with E-state index in [1.807, 2.05) is 11.9 Å². The van der Waals surface area contributed by atoms with E-state index in [0.29, 0.717) is 17.6 Å². The molecule has 0 aromatic carbocycles. The Morgan fingerprint density at radius 2 is 2.22 bits per heavy atom. The fraction of sp³-hybridized carbons (Fsp3) is 0.583. The topological polar surface area (TPSA) is 71.3 Å². The molecule has 0 aliphatic heterocycles. The van der Waals surface area contributed by atoms with Crippen molar-refractivity contribution >= 4 is 17.3 Å². The first-order chi connectivity index (χ1) is 8.49. The molecule has 0 radical (unpaired) electrons. The Hall–Kier alpha value is -1.85. The Balaban J connectivity index is 3.06. The number of hydrogen-bond donors (Lipinski definition) is 1.